The second-order valence-electron chi connectivity index (χ2n) is 5.11. The zero-order valence-corrected chi connectivity index (χ0v) is 12.4. The van der Waals surface area contributed by atoms with Gasteiger partial charge in [-0.2, -0.15) is 11.8 Å². The molecule has 1 saturated carbocycles. The van der Waals surface area contributed by atoms with E-state index in [1.807, 2.05) is 11.8 Å². The largest absolute Gasteiger partial charge is 0.353 e. The summed E-state index contributed by atoms with van der Waals surface area (Å²) in [5, 5.41) is 3.95. The van der Waals surface area contributed by atoms with Crippen LogP contribution in [0.4, 0.5) is 0 Å². The van der Waals surface area contributed by atoms with Gasteiger partial charge in [0.2, 0.25) is 5.91 Å². The van der Waals surface area contributed by atoms with Gasteiger partial charge in [-0.25, -0.2) is 0 Å². The van der Waals surface area contributed by atoms with Crippen LogP contribution < -0.4 is 11.1 Å². The maximum atomic E-state index is 11.8. The minimum absolute atomic E-state index is 0.245. The molecule has 1 amide bonds. The minimum atomic E-state index is 0.245. The third kappa shape index (κ3) is 6.64. The Bertz CT molecular complexity index is 236. The average molecular weight is 272 g/mol. The Balaban J connectivity index is 2.03. The highest BCUT2D eigenvalue weighted by Crippen LogP contribution is 2.29. The molecule has 2 atom stereocenters. The van der Waals surface area contributed by atoms with E-state index in [2.05, 4.69) is 12.2 Å². The maximum absolute atomic E-state index is 11.8. The van der Waals surface area contributed by atoms with Crippen LogP contribution in [0.1, 0.15) is 58.3 Å². The van der Waals surface area contributed by atoms with Crippen LogP contribution in [0.5, 0.6) is 0 Å². The third-order valence-corrected chi connectivity index (χ3v) is 4.74. The molecule has 4 heteroatoms. The van der Waals surface area contributed by atoms with Gasteiger partial charge in [-0.1, -0.05) is 19.8 Å². The molecule has 1 aliphatic carbocycles. The van der Waals surface area contributed by atoms with Crippen LogP contribution >= 0.6 is 11.8 Å². The lowest BCUT2D eigenvalue weighted by Gasteiger charge is -2.13. The lowest BCUT2D eigenvalue weighted by Crippen LogP contribution is -2.32. The molecule has 1 fully saturated rings. The fraction of sp³-hybridized carbons (Fsp3) is 0.929. The van der Waals surface area contributed by atoms with Crippen molar-refractivity contribution in [2.75, 3.05) is 12.3 Å². The van der Waals surface area contributed by atoms with E-state index in [4.69, 9.17) is 5.73 Å². The van der Waals surface area contributed by atoms with Crippen molar-refractivity contribution in [2.24, 2.45) is 5.73 Å². The van der Waals surface area contributed by atoms with Gasteiger partial charge < -0.3 is 11.1 Å². The summed E-state index contributed by atoms with van der Waals surface area (Å²) in [5.74, 6) is 1.43. The summed E-state index contributed by atoms with van der Waals surface area (Å²) in [5.41, 5.74) is 5.44. The summed E-state index contributed by atoms with van der Waals surface area (Å²) < 4.78 is 0. The van der Waals surface area contributed by atoms with Gasteiger partial charge in [0.25, 0.3) is 0 Å². The Labute approximate surface area is 116 Å². The van der Waals surface area contributed by atoms with Crippen LogP contribution in [-0.2, 0) is 4.79 Å². The predicted octanol–water partition coefficient (Wildman–Crippen LogP) is 2.69. The van der Waals surface area contributed by atoms with Crippen molar-refractivity contribution in [1.29, 1.82) is 0 Å². The van der Waals surface area contributed by atoms with Gasteiger partial charge in [-0.3, -0.25) is 4.79 Å². The van der Waals surface area contributed by atoms with E-state index in [9.17, 15) is 4.79 Å². The summed E-state index contributed by atoms with van der Waals surface area (Å²) in [4.78, 5) is 11.8. The quantitative estimate of drug-likeness (QED) is 0.635. The van der Waals surface area contributed by atoms with Gasteiger partial charge in [0.15, 0.2) is 0 Å². The summed E-state index contributed by atoms with van der Waals surface area (Å²) in [6, 6.07) is 0.436. The van der Waals surface area contributed by atoms with E-state index in [-0.39, 0.29) is 5.91 Å². The van der Waals surface area contributed by atoms with E-state index >= 15 is 0 Å². The highest BCUT2D eigenvalue weighted by Gasteiger charge is 2.25. The maximum Gasteiger partial charge on any atom is 0.220 e. The predicted molar refractivity (Wildman–Crippen MR) is 79.8 cm³/mol. The highest BCUT2D eigenvalue weighted by atomic mass is 32.2. The molecule has 0 saturated heterocycles. The molecule has 1 aliphatic rings. The molecule has 1 rings (SSSR count). The summed E-state index contributed by atoms with van der Waals surface area (Å²) in [6.07, 6.45) is 8.65. The summed E-state index contributed by atoms with van der Waals surface area (Å²) >= 11 is 2.03. The second-order valence-corrected chi connectivity index (χ2v) is 6.69. The first-order valence-electron chi connectivity index (χ1n) is 7.37. The molecule has 2 unspecified atom stereocenters. The number of hydrogen-bond donors (Lipinski definition) is 2. The molecular weight excluding hydrogens is 244 g/mol. The van der Waals surface area contributed by atoms with Gasteiger partial charge in [-0.15, -0.1) is 0 Å². The Hall–Kier alpha value is -0.220. The molecule has 0 radical (unpaired) electrons. The smallest absolute Gasteiger partial charge is 0.220 e. The summed E-state index contributed by atoms with van der Waals surface area (Å²) in [6.45, 7) is 2.97. The number of carbonyl (C=O) groups excluding carboxylic acids is 1. The van der Waals surface area contributed by atoms with Gasteiger partial charge in [0.05, 0.1) is 0 Å². The molecule has 3 nitrogen and oxygen atoms in total. The van der Waals surface area contributed by atoms with Gasteiger partial charge >= 0.3 is 0 Å². The number of thioether (sulfide) groups is 1. The molecule has 0 aromatic rings. The molecule has 0 aromatic carbocycles. The first-order valence-corrected chi connectivity index (χ1v) is 8.42. The molecule has 0 aliphatic heterocycles. The molecule has 3 N–H and O–H groups in total. The van der Waals surface area contributed by atoms with Crippen molar-refractivity contribution < 1.29 is 4.79 Å². The lowest BCUT2D eigenvalue weighted by molar-refractivity contribution is -0.121. The van der Waals surface area contributed by atoms with Crippen LogP contribution in [0.25, 0.3) is 0 Å². The Morgan fingerprint density at radius 3 is 2.78 bits per heavy atom. The molecule has 0 aromatic heterocycles. The van der Waals surface area contributed by atoms with Crippen LogP contribution in [-0.4, -0.2) is 29.5 Å². The van der Waals surface area contributed by atoms with Crippen molar-refractivity contribution in [1.82, 2.24) is 5.32 Å². The number of nitrogens with two attached hydrogens (primary N) is 1. The first-order chi connectivity index (χ1) is 8.76. The van der Waals surface area contributed by atoms with E-state index in [1.54, 1.807) is 0 Å². The topological polar surface area (TPSA) is 55.1 Å². The molecule has 106 valence electrons. The molecule has 0 spiro atoms. The zero-order valence-electron chi connectivity index (χ0n) is 11.6. The van der Waals surface area contributed by atoms with E-state index in [1.165, 1.54) is 12.2 Å². The molecule has 0 bridgehead atoms. The standard InChI is InChI=1S/C14H28N2OS/c1-2-18-13-9-8-12(11-13)16-14(17)7-5-3-4-6-10-15/h12-13H,2-11,15H2,1H3,(H,16,17). The number of carbonyl (C=O) groups is 1. The molecule has 0 heterocycles. The van der Waals surface area contributed by atoms with E-state index in [0.717, 1.165) is 50.3 Å². The second kappa shape index (κ2) is 9.68. The molecule has 18 heavy (non-hydrogen) atoms. The normalized spacial score (nSPS) is 23.2. The SMILES string of the molecule is CCSC1CCC(NC(=O)CCCCCCN)C1. The zero-order chi connectivity index (χ0) is 13.2. The average Bonchev–Trinajstić information content (AvgIpc) is 2.77. The number of nitrogens with one attached hydrogen (secondary N) is 1. The highest BCUT2D eigenvalue weighted by molar-refractivity contribution is 7.99. The fourth-order valence-corrected chi connectivity index (χ4v) is 3.68. The summed E-state index contributed by atoms with van der Waals surface area (Å²) in [7, 11) is 0. The van der Waals surface area contributed by atoms with Crippen LogP contribution in [0, 0.1) is 0 Å². The Morgan fingerprint density at radius 2 is 2.06 bits per heavy atom. The van der Waals surface area contributed by atoms with Crippen molar-refractivity contribution >= 4 is 17.7 Å². The van der Waals surface area contributed by atoms with Crippen molar-refractivity contribution in [2.45, 2.75) is 69.6 Å². The number of unbranched alkanes of at least 4 members (excludes halogenated alkanes) is 3. The van der Waals surface area contributed by atoms with E-state index in [0.29, 0.717) is 12.5 Å². The van der Waals surface area contributed by atoms with Crippen LogP contribution in [0.3, 0.4) is 0 Å². The van der Waals surface area contributed by atoms with Gasteiger partial charge in [0.1, 0.15) is 0 Å². The number of hydrogen-bond acceptors (Lipinski definition) is 3. The van der Waals surface area contributed by atoms with Crippen LogP contribution in [0.2, 0.25) is 0 Å². The lowest BCUT2D eigenvalue weighted by atomic mass is 10.1. The molecular formula is C14H28N2OS. The van der Waals surface area contributed by atoms with Crippen molar-refractivity contribution in [3.05, 3.63) is 0 Å². The monoisotopic (exact) mass is 272 g/mol. The van der Waals surface area contributed by atoms with Crippen molar-refractivity contribution in [3.63, 3.8) is 0 Å². The number of rotatable bonds is 9. The van der Waals surface area contributed by atoms with Crippen LogP contribution in [0.15, 0.2) is 0 Å². The van der Waals surface area contributed by atoms with Crippen molar-refractivity contribution in [3.8, 4) is 0 Å². The van der Waals surface area contributed by atoms with E-state index < -0.39 is 0 Å². The first kappa shape index (κ1) is 15.8. The minimum Gasteiger partial charge on any atom is -0.353 e. The Kier molecular flexibility index (Phi) is 8.51. The Morgan fingerprint density at radius 1 is 1.28 bits per heavy atom. The fourth-order valence-electron chi connectivity index (χ4n) is 2.54. The number of amides is 1. The third-order valence-electron chi connectivity index (χ3n) is 3.51. The van der Waals surface area contributed by atoms with Gasteiger partial charge in [-0.05, 0) is 44.4 Å². The van der Waals surface area contributed by atoms with Gasteiger partial charge in [0, 0.05) is 17.7 Å².